The summed E-state index contributed by atoms with van der Waals surface area (Å²) in [7, 11) is -3.05. The lowest BCUT2D eigenvalue weighted by Crippen LogP contribution is -2.52. The minimum Gasteiger partial charge on any atom is -0.480 e. The van der Waals surface area contributed by atoms with Gasteiger partial charge in [-0.1, -0.05) is 20.8 Å². The Labute approximate surface area is 104 Å². The second kappa shape index (κ2) is 6.96. The third-order valence-corrected chi connectivity index (χ3v) is 4.86. The Balaban J connectivity index is 4.39. The summed E-state index contributed by atoms with van der Waals surface area (Å²) in [5, 5.41) is 12.0. The number of nitrogens with one attached hydrogen (secondary N) is 1. The van der Waals surface area contributed by atoms with Crippen LogP contribution in [0.3, 0.4) is 0 Å². The van der Waals surface area contributed by atoms with Crippen LogP contribution in [0.15, 0.2) is 0 Å². The number of hydrogen-bond donors (Lipinski definition) is 2. The van der Waals surface area contributed by atoms with E-state index < -0.39 is 21.3 Å². The van der Waals surface area contributed by atoms with Crippen LogP contribution in [0.2, 0.25) is 0 Å². The van der Waals surface area contributed by atoms with Crippen LogP contribution in [0.1, 0.15) is 40.0 Å². The van der Waals surface area contributed by atoms with Crippen LogP contribution < -0.4 is 5.32 Å². The number of carboxylic acids is 1. The van der Waals surface area contributed by atoms with E-state index in [1.54, 1.807) is 13.8 Å². The van der Waals surface area contributed by atoms with Gasteiger partial charge in [0, 0.05) is 12.3 Å². The van der Waals surface area contributed by atoms with Crippen LogP contribution in [-0.4, -0.2) is 43.1 Å². The fourth-order valence-electron chi connectivity index (χ4n) is 1.74. The number of carboxylic acid groups (broad SMARTS) is 1. The molecule has 102 valence electrons. The highest BCUT2D eigenvalue weighted by Gasteiger charge is 2.34. The third kappa shape index (κ3) is 5.04. The van der Waals surface area contributed by atoms with Crippen molar-refractivity contribution in [3.63, 3.8) is 0 Å². The Bertz CT molecular complexity index is 333. The largest absolute Gasteiger partial charge is 0.480 e. The molecule has 2 N–H and O–H groups in total. The van der Waals surface area contributed by atoms with Crippen molar-refractivity contribution in [1.82, 2.24) is 5.32 Å². The zero-order chi connectivity index (χ0) is 13.5. The van der Waals surface area contributed by atoms with E-state index in [0.29, 0.717) is 19.3 Å². The number of rotatable bonds is 9. The standard InChI is InChI=1S/C11H23NO4S/c1-4-8-17(15,16)9-7-12-11(5-2,6-3)10(13)14/h12H,4-9H2,1-3H3,(H,13,14). The summed E-state index contributed by atoms with van der Waals surface area (Å²) in [4.78, 5) is 11.2. The Kier molecular flexibility index (Phi) is 6.70. The van der Waals surface area contributed by atoms with Crippen LogP contribution in [0, 0.1) is 0 Å². The van der Waals surface area contributed by atoms with Crippen molar-refractivity contribution in [1.29, 1.82) is 0 Å². The van der Waals surface area contributed by atoms with Crippen molar-refractivity contribution >= 4 is 15.8 Å². The van der Waals surface area contributed by atoms with Gasteiger partial charge in [0.2, 0.25) is 0 Å². The maximum atomic E-state index is 11.5. The highest BCUT2D eigenvalue weighted by molar-refractivity contribution is 7.91. The Morgan fingerprint density at radius 3 is 2.06 bits per heavy atom. The predicted octanol–water partition coefficient (Wildman–Crippen LogP) is 1.04. The highest BCUT2D eigenvalue weighted by atomic mass is 32.2. The van der Waals surface area contributed by atoms with Gasteiger partial charge in [-0.25, -0.2) is 8.42 Å². The lowest BCUT2D eigenvalue weighted by Gasteiger charge is -2.28. The number of hydrogen-bond acceptors (Lipinski definition) is 4. The Hall–Kier alpha value is -0.620. The maximum Gasteiger partial charge on any atom is 0.323 e. The topological polar surface area (TPSA) is 83.5 Å². The first-order valence-electron chi connectivity index (χ1n) is 6.02. The van der Waals surface area contributed by atoms with Crippen molar-refractivity contribution < 1.29 is 18.3 Å². The van der Waals surface area contributed by atoms with E-state index in [0.717, 1.165) is 0 Å². The monoisotopic (exact) mass is 265 g/mol. The second-order valence-electron chi connectivity index (χ2n) is 4.17. The normalized spacial score (nSPS) is 12.6. The van der Waals surface area contributed by atoms with Gasteiger partial charge in [0.15, 0.2) is 9.84 Å². The summed E-state index contributed by atoms with van der Waals surface area (Å²) in [6.07, 6.45) is 1.47. The van der Waals surface area contributed by atoms with Gasteiger partial charge >= 0.3 is 5.97 Å². The van der Waals surface area contributed by atoms with Gasteiger partial charge in [0.05, 0.1) is 5.75 Å². The summed E-state index contributed by atoms with van der Waals surface area (Å²) in [6.45, 7) is 5.57. The van der Waals surface area contributed by atoms with Gasteiger partial charge in [-0.3, -0.25) is 4.79 Å². The minimum absolute atomic E-state index is 0.00410. The molecule has 0 aliphatic carbocycles. The predicted molar refractivity (Wildman–Crippen MR) is 67.9 cm³/mol. The molecule has 17 heavy (non-hydrogen) atoms. The van der Waals surface area contributed by atoms with Crippen LogP contribution in [0.5, 0.6) is 0 Å². The average molecular weight is 265 g/mol. The van der Waals surface area contributed by atoms with E-state index in [1.807, 2.05) is 6.92 Å². The first-order valence-corrected chi connectivity index (χ1v) is 7.84. The Morgan fingerprint density at radius 1 is 1.18 bits per heavy atom. The lowest BCUT2D eigenvalue weighted by atomic mass is 9.93. The molecular weight excluding hydrogens is 242 g/mol. The molecule has 0 heterocycles. The molecule has 0 aromatic heterocycles. The van der Waals surface area contributed by atoms with Gasteiger partial charge in [-0.05, 0) is 19.3 Å². The number of aliphatic carboxylic acids is 1. The smallest absolute Gasteiger partial charge is 0.323 e. The lowest BCUT2D eigenvalue weighted by molar-refractivity contribution is -0.145. The van der Waals surface area contributed by atoms with E-state index in [2.05, 4.69) is 5.32 Å². The molecule has 0 atom stereocenters. The SMILES string of the molecule is CCCS(=O)(=O)CCNC(CC)(CC)C(=O)O. The molecule has 0 spiro atoms. The molecule has 6 heteroatoms. The summed E-state index contributed by atoms with van der Waals surface area (Å²) >= 11 is 0. The summed E-state index contributed by atoms with van der Waals surface area (Å²) in [6, 6.07) is 0. The number of carbonyl (C=O) groups is 1. The van der Waals surface area contributed by atoms with Crippen LogP contribution in [0.4, 0.5) is 0 Å². The fourth-order valence-corrected chi connectivity index (χ4v) is 2.98. The van der Waals surface area contributed by atoms with Gasteiger partial charge < -0.3 is 10.4 Å². The van der Waals surface area contributed by atoms with Gasteiger partial charge in [-0.15, -0.1) is 0 Å². The first kappa shape index (κ1) is 16.4. The quantitative estimate of drug-likeness (QED) is 0.651. The van der Waals surface area contributed by atoms with Gasteiger partial charge in [-0.2, -0.15) is 0 Å². The van der Waals surface area contributed by atoms with Crippen molar-refractivity contribution in [2.24, 2.45) is 0 Å². The zero-order valence-corrected chi connectivity index (χ0v) is 11.6. The third-order valence-electron chi connectivity index (χ3n) is 3.01. The van der Waals surface area contributed by atoms with E-state index in [9.17, 15) is 13.2 Å². The molecule has 0 unspecified atom stereocenters. The average Bonchev–Trinajstić information content (AvgIpc) is 2.24. The Morgan fingerprint density at radius 2 is 1.71 bits per heavy atom. The van der Waals surface area contributed by atoms with E-state index in [-0.39, 0.29) is 18.1 Å². The number of sulfone groups is 1. The van der Waals surface area contributed by atoms with Crippen LogP contribution in [-0.2, 0) is 14.6 Å². The van der Waals surface area contributed by atoms with E-state index >= 15 is 0 Å². The summed E-state index contributed by atoms with van der Waals surface area (Å²) < 4.78 is 23.0. The molecule has 0 aliphatic heterocycles. The molecule has 0 saturated heterocycles. The van der Waals surface area contributed by atoms with Crippen LogP contribution >= 0.6 is 0 Å². The molecule has 0 aromatic rings. The molecule has 0 bridgehead atoms. The molecule has 0 aromatic carbocycles. The molecular formula is C11H23NO4S. The second-order valence-corrected chi connectivity index (χ2v) is 6.48. The van der Waals surface area contributed by atoms with E-state index in [4.69, 9.17) is 5.11 Å². The molecule has 0 radical (unpaired) electrons. The van der Waals surface area contributed by atoms with Crippen molar-refractivity contribution in [2.75, 3.05) is 18.1 Å². The molecule has 5 nitrogen and oxygen atoms in total. The molecule has 0 amide bonds. The van der Waals surface area contributed by atoms with Crippen molar-refractivity contribution in [3.8, 4) is 0 Å². The molecule has 0 saturated carbocycles. The minimum atomic E-state index is -3.05. The first-order chi connectivity index (χ1) is 7.83. The molecule has 0 aliphatic rings. The van der Waals surface area contributed by atoms with Gasteiger partial charge in [0.25, 0.3) is 0 Å². The van der Waals surface area contributed by atoms with E-state index in [1.165, 1.54) is 0 Å². The van der Waals surface area contributed by atoms with Crippen molar-refractivity contribution in [2.45, 2.75) is 45.6 Å². The highest BCUT2D eigenvalue weighted by Crippen LogP contribution is 2.15. The summed E-state index contributed by atoms with van der Waals surface area (Å²) in [5.41, 5.74) is -0.998. The fraction of sp³-hybridized carbons (Fsp3) is 0.909. The molecule has 0 rings (SSSR count). The van der Waals surface area contributed by atoms with Gasteiger partial charge in [0.1, 0.15) is 5.54 Å². The zero-order valence-electron chi connectivity index (χ0n) is 10.8. The van der Waals surface area contributed by atoms with Crippen molar-refractivity contribution in [3.05, 3.63) is 0 Å². The molecule has 0 fully saturated rings. The maximum absolute atomic E-state index is 11.5. The summed E-state index contributed by atoms with van der Waals surface area (Å²) in [5.74, 6) is -0.765. The van der Waals surface area contributed by atoms with Crippen LogP contribution in [0.25, 0.3) is 0 Å².